The summed E-state index contributed by atoms with van der Waals surface area (Å²) in [6, 6.07) is 8.19. The molecule has 0 unspecified atom stereocenters. The number of nitrogens with zero attached hydrogens (tertiary/aromatic N) is 1. The molecule has 0 fully saturated rings. The predicted molar refractivity (Wildman–Crippen MR) is 94.8 cm³/mol. The fraction of sp³-hybridized carbons (Fsp3) is 0.211. The molecule has 0 spiro atoms. The molecule has 0 aliphatic carbocycles. The quantitative estimate of drug-likeness (QED) is 0.899. The van der Waals surface area contributed by atoms with Gasteiger partial charge in [-0.15, -0.1) is 0 Å². The maximum absolute atomic E-state index is 11.1. The zero-order chi connectivity index (χ0) is 17.0. The molecule has 1 aromatic carbocycles. The molecular weight excluding hydrogens is 286 g/mol. The third-order valence-corrected chi connectivity index (χ3v) is 3.54. The summed E-state index contributed by atoms with van der Waals surface area (Å²) in [5, 5.41) is 2.81. The molecule has 0 atom stereocenters. The summed E-state index contributed by atoms with van der Waals surface area (Å²) < 4.78 is 0. The van der Waals surface area contributed by atoms with Gasteiger partial charge >= 0.3 is 0 Å². The monoisotopic (exact) mass is 309 g/mol. The van der Waals surface area contributed by atoms with E-state index in [0.29, 0.717) is 12.2 Å². The lowest BCUT2D eigenvalue weighted by Gasteiger charge is -2.29. The Morgan fingerprint density at radius 2 is 2.04 bits per heavy atom. The van der Waals surface area contributed by atoms with Crippen molar-refractivity contribution in [2.45, 2.75) is 20.8 Å². The Labute approximate surface area is 137 Å². The predicted octanol–water partition coefficient (Wildman–Crippen LogP) is 3.05. The number of hydrogen-bond donors (Lipinski definition) is 2. The van der Waals surface area contributed by atoms with Gasteiger partial charge in [0.2, 0.25) is 5.91 Å². The summed E-state index contributed by atoms with van der Waals surface area (Å²) in [6.07, 6.45) is 5.84. The summed E-state index contributed by atoms with van der Waals surface area (Å²) in [6.45, 7) is 10.0. The molecular formula is C19H23N3O. The first-order valence-corrected chi connectivity index (χ1v) is 7.53. The second kappa shape index (κ2) is 7.01. The van der Waals surface area contributed by atoms with Crippen LogP contribution in [0.15, 0.2) is 66.2 Å². The van der Waals surface area contributed by atoms with Gasteiger partial charge in [0.1, 0.15) is 0 Å². The van der Waals surface area contributed by atoms with Crippen LogP contribution in [-0.4, -0.2) is 17.4 Å². The highest BCUT2D eigenvalue weighted by Gasteiger charge is 2.17. The average molecular weight is 309 g/mol. The second-order valence-corrected chi connectivity index (χ2v) is 5.71. The summed E-state index contributed by atoms with van der Waals surface area (Å²) in [7, 11) is 0. The molecule has 0 saturated heterocycles. The number of amides is 1. The van der Waals surface area contributed by atoms with Gasteiger partial charge in [0.25, 0.3) is 0 Å². The van der Waals surface area contributed by atoms with Gasteiger partial charge in [0.05, 0.1) is 5.70 Å². The van der Waals surface area contributed by atoms with Gasteiger partial charge in [0.15, 0.2) is 0 Å². The van der Waals surface area contributed by atoms with E-state index in [1.807, 2.05) is 42.3 Å². The van der Waals surface area contributed by atoms with E-state index in [1.165, 1.54) is 12.5 Å². The van der Waals surface area contributed by atoms with Crippen molar-refractivity contribution in [3.8, 4) is 0 Å². The van der Waals surface area contributed by atoms with E-state index in [0.717, 1.165) is 22.5 Å². The molecule has 1 aliphatic rings. The Morgan fingerprint density at radius 3 is 2.65 bits per heavy atom. The highest BCUT2D eigenvalue weighted by Crippen LogP contribution is 2.29. The number of nitrogens with one attached hydrogen (secondary N) is 1. The molecule has 1 aliphatic heterocycles. The number of rotatable bonds is 4. The van der Waals surface area contributed by atoms with Gasteiger partial charge in [-0.05, 0) is 31.6 Å². The first-order valence-electron chi connectivity index (χ1n) is 7.53. The topological polar surface area (TPSA) is 58.4 Å². The van der Waals surface area contributed by atoms with Crippen LogP contribution in [0.2, 0.25) is 0 Å². The number of benzene rings is 1. The molecule has 3 N–H and O–H groups in total. The van der Waals surface area contributed by atoms with Gasteiger partial charge < -0.3 is 16.0 Å². The molecule has 1 aromatic rings. The summed E-state index contributed by atoms with van der Waals surface area (Å²) in [4.78, 5) is 13.1. The molecule has 23 heavy (non-hydrogen) atoms. The van der Waals surface area contributed by atoms with Crippen molar-refractivity contribution in [3.63, 3.8) is 0 Å². The highest BCUT2D eigenvalue weighted by atomic mass is 16.1. The fourth-order valence-electron chi connectivity index (χ4n) is 2.46. The lowest BCUT2D eigenvalue weighted by molar-refractivity contribution is -0.118. The van der Waals surface area contributed by atoms with Crippen LogP contribution < -0.4 is 11.1 Å². The normalized spacial score (nSPS) is 15.2. The van der Waals surface area contributed by atoms with Crippen molar-refractivity contribution in [2.75, 3.05) is 6.54 Å². The number of carbonyl (C=O) groups is 1. The summed E-state index contributed by atoms with van der Waals surface area (Å²) in [5.41, 5.74) is 11.8. The molecule has 2 rings (SSSR count). The standard InChI is InChI=1S/C19H23N3O/c1-13-6-5-7-18(10-13)19(15(3)20)22-12-17(9-8-14(22)2)11-21-16(4)23/h5-10,12H,2,11,20H2,1,3-4H3,(H,21,23)/b19-15-. The van der Waals surface area contributed by atoms with Crippen LogP contribution in [0, 0.1) is 6.92 Å². The average Bonchev–Trinajstić information content (AvgIpc) is 2.47. The molecule has 0 saturated carbocycles. The van der Waals surface area contributed by atoms with Crippen molar-refractivity contribution in [3.05, 3.63) is 77.3 Å². The maximum atomic E-state index is 11.1. The van der Waals surface area contributed by atoms with E-state index in [9.17, 15) is 4.79 Å². The van der Waals surface area contributed by atoms with Crippen molar-refractivity contribution in [1.29, 1.82) is 0 Å². The third kappa shape index (κ3) is 4.13. The lowest BCUT2D eigenvalue weighted by atomic mass is 10.0. The summed E-state index contributed by atoms with van der Waals surface area (Å²) in [5.74, 6) is -0.0558. The Morgan fingerprint density at radius 1 is 1.30 bits per heavy atom. The minimum Gasteiger partial charge on any atom is -0.401 e. The van der Waals surface area contributed by atoms with Crippen molar-refractivity contribution < 1.29 is 4.79 Å². The maximum Gasteiger partial charge on any atom is 0.217 e. The van der Waals surface area contributed by atoms with Gasteiger partial charge in [-0.3, -0.25) is 4.79 Å². The smallest absolute Gasteiger partial charge is 0.217 e. The molecule has 4 heteroatoms. The second-order valence-electron chi connectivity index (χ2n) is 5.71. The minimum absolute atomic E-state index is 0.0558. The lowest BCUT2D eigenvalue weighted by Crippen LogP contribution is -2.25. The molecule has 0 aromatic heterocycles. The van der Waals surface area contributed by atoms with Crippen molar-refractivity contribution >= 4 is 11.6 Å². The highest BCUT2D eigenvalue weighted by molar-refractivity contribution is 5.73. The minimum atomic E-state index is -0.0558. The van der Waals surface area contributed by atoms with E-state index >= 15 is 0 Å². The van der Waals surface area contributed by atoms with E-state index in [-0.39, 0.29) is 5.91 Å². The SMILES string of the molecule is C=C1C=CC(CNC(C)=O)=CN1/C(=C(/C)N)c1cccc(C)c1. The van der Waals surface area contributed by atoms with Crippen LogP contribution >= 0.6 is 0 Å². The van der Waals surface area contributed by atoms with E-state index in [2.05, 4.69) is 31.0 Å². The van der Waals surface area contributed by atoms with Crippen LogP contribution in [0.5, 0.6) is 0 Å². The molecule has 0 radical (unpaired) electrons. The van der Waals surface area contributed by atoms with Crippen LogP contribution in [-0.2, 0) is 4.79 Å². The Balaban J connectivity index is 2.39. The number of aryl methyl sites for hydroxylation is 1. The number of carbonyl (C=O) groups excluding carboxylic acids is 1. The van der Waals surface area contributed by atoms with Gasteiger partial charge in [-0.2, -0.15) is 0 Å². The molecule has 1 amide bonds. The molecule has 1 heterocycles. The first kappa shape index (κ1) is 16.6. The zero-order valence-electron chi connectivity index (χ0n) is 13.9. The Kier molecular flexibility index (Phi) is 5.06. The van der Waals surface area contributed by atoms with Crippen molar-refractivity contribution in [1.82, 2.24) is 10.2 Å². The van der Waals surface area contributed by atoms with Crippen LogP contribution in [0.3, 0.4) is 0 Å². The van der Waals surface area contributed by atoms with Gasteiger partial charge in [0, 0.05) is 36.6 Å². The number of hydrogen-bond acceptors (Lipinski definition) is 3. The van der Waals surface area contributed by atoms with E-state index in [4.69, 9.17) is 5.73 Å². The largest absolute Gasteiger partial charge is 0.401 e. The first-order chi connectivity index (χ1) is 10.9. The Bertz CT molecular complexity index is 722. The van der Waals surface area contributed by atoms with Gasteiger partial charge in [-0.25, -0.2) is 0 Å². The van der Waals surface area contributed by atoms with E-state index < -0.39 is 0 Å². The fourth-order valence-corrected chi connectivity index (χ4v) is 2.46. The van der Waals surface area contributed by atoms with Crippen LogP contribution in [0.1, 0.15) is 25.0 Å². The van der Waals surface area contributed by atoms with Crippen LogP contribution in [0.4, 0.5) is 0 Å². The molecule has 120 valence electrons. The molecule has 4 nitrogen and oxygen atoms in total. The van der Waals surface area contributed by atoms with Crippen molar-refractivity contribution in [2.24, 2.45) is 5.73 Å². The number of allylic oxidation sites excluding steroid dienone is 2. The zero-order valence-corrected chi connectivity index (χ0v) is 13.9. The number of nitrogens with two attached hydrogens (primary N) is 1. The molecule has 0 bridgehead atoms. The van der Waals surface area contributed by atoms with Gasteiger partial charge in [-0.1, -0.05) is 36.4 Å². The van der Waals surface area contributed by atoms with E-state index in [1.54, 1.807) is 0 Å². The summed E-state index contributed by atoms with van der Waals surface area (Å²) >= 11 is 0. The van der Waals surface area contributed by atoms with Crippen LogP contribution in [0.25, 0.3) is 5.70 Å². The Hall–Kier alpha value is -2.75. The third-order valence-electron chi connectivity index (χ3n) is 3.54.